The zero-order valence-corrected chi connectivity index (χ0v) is 12.7. The zero-order valence-electron chi connectivity index (χ0n) is 12.7. The van der Waals surface area contributed by atoms with Gasteiger partial charge in [0.2, 0.25) is 0 Å². The monoisotopic (exact) mass is 327 g/mol. The molecule has 3 rings (SSSR count). The summed E-state index contributed by atoms with van der Waals surface area (Å²) in [5.41, 5.74) is 1.07. The summed E-state index contributed by atoms with van der Waals surface area (Å²) >= 11 is 0. The number of carbonyl (C=O) groups excluding carboxylic acids is 2. The van der Waals surface area contributed by atoms with Crippen molar-refractivity contribution in [3.63, 3.8) is 0 Å². The largest absolute Gasteiger partial charge is 0.467 e. The van der Waals surface area contributed by atoms with Crippen molar-refractivity contribution in [2.45, 2.75) is 13.5 Å². The highest BCUT2D eigenvalue weighted by molar-refractivity contribution is 6.17. The first kappa shape index (κ1) is 15.5. The number of furan rings is 1. The van der Waals surface area contributed by atoms with Crippen molar-refractivity contribution >= 4 is 23.2 Å². The summed E-state index contributed by atoms with van der Waals surface area (Å²) in [6.45, 7) is 1.77. The lowest BCUT2D eigenvalue weighted by Gasteiger charge is -2.14. The van der Waals surface area contributed by atoms with Crippen LogP contribution in [-0.2, 0) is 16.1 Å². The van der Waals surface area contributed by atoms with E-state index < -0.39 is 16.7 Å². The number of imide groups is 1. The molecule has 24 heavy (non-hydrogen) atoms. The third-order valence-electron chi connectivity index (χ3n) is 3.60. The van der Waals surface area contributed by atoms with Crippen molar-refractivity contribution in [1.82, 2.24) is 4.90 Å². The van der Waals surface area contributed by atoms with Crippen molar-refractivity contribution in [1.29, 1.82) is 0 Å². The molecule has 1 aromatic heterocycles. The lowest BCUT2D eigenvalue weighted by Crippen LogP contribution is -2.31. The van der Waals surface area contributed by atoms with Crippen molar-refractivity contribution < 1.29 is 18.9 Å². The molecule has 0 saturated carbocycles. The molecule has 0 bridgehead atoms. The first-order valence-electron chi connectivity index (χ1n) is 7.07. The van der Waals surface area contributed by atoms with Gasteiger partial charge in [-0.05, 0) is 24.6 Å². The number of amides is 2. The van der Waals surface area contributed by atoms with Crippen LogP contribution in [0.5, 0.6) is 0 Å². The SMILES string of the molecule is Cc1ccc([N+](=O)[O-])cc1NC1=CC(=O)N(Cc2ccco2)C1=O. The summed E-state index contributed by atoms with van der Waals surface area (Å²) in [6.07, 6.45) is 2.63. The number of nitrogens with one attached hydrogen (secondary N) is 1. The van der Waals surface area contributed by atoms with E-state index >= 15 is 0 Å². The molecule has 122 valence electrons. The molecule has 1 aliphatic heterocycles. The van der Waals surface area contributed by atoms with Crippen LogP contribution in [0.15, 0.2) is 52.8 Å². The maximum absolute atomic E-state index is 12.4. The molecule has 1 N–H and O–H groups in total. The molecule has 2 aromatic rings. The molecular formula is C16H13N3O5. The molecule has 1 aromatic carbocycles. The third kappa shape index (κ3) is 2.89. The van der Waals surface area contributed by atoms with E-state index in [1.807, 2.05) is 0 Å². The average Bonchev–Trinajstić information content (AvgIpc) is 3.14. The second kappa shape index (κ2) is 5.99. The van der Waals surface area contributed by atoms with Gasteiger partial charge in [0.05, 0.1) is 17.7 Å². The molecule has 8 nitrogen and oxygen atoms in total. The van der Waals surface area contributed by atoms with E-state index in [-0.39, 0.29) is 17.9 Å². The van der Waals surface area contributed by atoms with Gasteiger partial charge in [-0.2, -0.15) is 0 Å². The van der Waals surface area contributed by atoms with E-state index in [0.717, 1.165) is 4.90 Å². The van der Waals surface area contributed by atoms with Crippen molar-refractivity contribution in [2.75, 3.05) is 5.32 Å². The topological polar surface area (TPSA) is 106 Å². The number of non-ortho nitro benzene ring substituents is 1. The molecule has 0 atom stereocenters. The minimum absolute atomic E-state index is 0.0280. The molecule has 0 fully saturated rings. The van der Waals surface area contributed by atoms with Gasteiger partial charge in [-0.1, -0.05) is 6.07 Å². The second-order valence-corrected chi connectivity index (χ2v) is 5.25. The van der Waals surface area contributed by atoms with Gasteiger partial charge in [0, 0.05) is 23.9 Å². The van der Waals surface area contributed by atoms with Crippen LogP contribution in [0.25, 0.3) is 0 Å². The summed E-state index contributed by atoms with van der Waals surface area (Å²) in [6, 6.07) is 7.60. The van der Waals surface area contributed by atoms with Gasteiger partial charge in [-0.25, -0.2) is 0 Å². The van der Waals surface area contributed by atoms with E-state index in [0.29, 0.717) is 17.0 Å². The van der Waals surface area contributed by atoms with Crippen LogP contribution < -0.4 is 5.32 Å². The van der Waals surface area contributed by atoms with Crippen LogP contribution in [0.2, 0.25) is 0 Å². The fourth-order valence-corrected chi connectivity index (χ4v) is 2.31. The van der Waals surface area contributed by atoms with Crippen LogP contribution in [0, 0.1) is 17.0 Å². The van der Waals surface area contributed by atoms with Crippen molar-refractivity contribution in [3.8, 4) is 0 Å². The fraction of sp³-hybridized carbons (Fsp3) is 0.125. The Bertz CT molecular complexity index is 855. The van der Waals surface area contributed by atoms with Crippen molar-refractivity contribution in [3.05, 3.63) is 69.8 Å². The Morgan fingerprint density at radius 1 is 1.29 bits per heavy atom. The molecule has 2 heterocycles. The number of anilines is 1. The van der Waals surface area contributed by atoms with Crippen molar-refractivity contribution in [2.24, 2.45) is 0 Å². The molecule has 0 spiro atoms. The van der Waals surface area contributed by atoms with Gasteiger partial charge >= 0.3 is 0 Å². The Labute approximate surface area is 136 Å². The molecule has 0 saturated heterocycles. The predicted octanol–water partition coefficient (Wildman–Crippen LogP) is 2.36. The minimum atomic E-state index is -0.524. The molecule has 0 radical (unpaired) electrons. The van der Waals surface area contributed by atoms with Crippen LogP contribution in [0.4, 0.5) is 11.4 Å². The molecule has 0 aliphatic carbocycles. The smallest absolute Gasteiger partial charge is 0.277 e. The van der Waals surface area contributed by atoms with Gasteiger partial charge in [-0.15, -0.1) is 0 Å². The van der Waals surface area contributed by atoms with E-state index in [4.69, 9.17) is 4.42 Å². The van der Waals surface area contributed by atoms with Gasteiger partial charge < -0.3 is 9.73 Å². The third-order valence-corrected chi connectivity index (χ3v) is 3.60. The number of nitro benzene ring substituents is 1. The maximum Gasteiger partial charge on any atom is 0.277 e. The summed E-state index contributed by atoms with van der Waals surface area (Å²) < 4.78 is 5.14. The summed E-state index contributed by atoms with van der Waals surface area (Å²) in [4.78, 5) is 35.8. The van der Waals surface area contributed by atoms with Crippen LogP contribution in [0.3, 0.4) is 0 Å². The first-order chi connectivity index (χ1) is 11.5. The Kier molecular flexibility index (Phi) is 3.87. The number of hydrogen-bond donors (Lipinski definition) is 1. The number of hydrogen-bond acceptors (Lipinski definition) is 6. The average molecular weight is 327 g/mol. The molecule has 1 aliphatic rings. The number of rotatable bonds is 5. The molecule has 0 unspecified atom stereocenters. The Morgan fingerprint density at radius 2 is 2.08 bits per heavy atom. The Hall–Kier alpha value is -3.42. The van der Waals surface area contributed by atoms with E-state index in [1.54, 1.807) is 25.1 Å². The van der Waals surface area contributed by atoms with Gasteiger partial charge in [0.15, 0.2) is 0 Å². The number of aryl methyl sites for hydroxylation is 1. The highest BCUT2D eigenvalue weighted by Crippen LogP contribution is 2.25. The number of nitro groups is 1. The van der Waals surface area contributed by atoms with Gasteiger partial charge in [0.25, 0.3) is 17.5 Å². The molecular weight excluding hydrogens is 314 g/mol. The molecule has 8 heteroatoms. The molecule has 2 amide bonds. The van der Waals surface area contributed by atoms with Crippen LogP contribution in [-0.4, -0.2) is 21.6 Å². The first-order valence-corrected chi connectivity index (χ1v) is 7.07. The summed E-state index contributed by atoms with van der Waals surface area (Å²) in [7, 11) is 0. The lowest BCUT2D eigenvalue weighted by molar-refractivity contribution is -0.384. The Balaban J connectivity index is 1.80. The highest BCUT2D eigenvalue weighted by atomic mass is 16.6. The normalized spacial score (nSPS) is 14.0. The number of nitrogens with zero attached hydrogens (tertiary/aromatic N) is 2. The fourth-order valence-electron chi connectivity index (χ4n) is 2.31. The van der Waals surface area contributed by atoms with E-state index in [2.05, 4.69) is 5.32 Å². The van der Waals surface area contributed by atoms with Crippen LogP contribution in [0.1, 0.15) is 11.3 Å². The zero-order chi connectivity index (χ0) is 17.3. The minimum Gasteiger partial charge on any atom is -0.467 e. The number of benzene rings is 1. The highest BCUT2D eigenvalue weighted by Gasteiger charge is 2.32. The summed E-state index contributed by atoms with van der Waals surface area (Å²) in [5, 5.41) is 13.7. The standard InChI is InChI=1S/C16H13N3O5/c1-10-4-5-11(19(22)23)7-13(10)17-14-8-15(20)18(16(14)21)9-12-3-2-6-24-12/h2-8,17H,9H2,1H3. The van der Waals surface area contributed by atoms with Gasteiger partial charge in [0.1, 0.15) is 11.5 Å². The lowest BCUT2D eigenvalue weighted by atomic mass is 10.1. The predicted molar refractivity (Wildman–Crippen MR) is 83.8 cm³/mol. The van der Waals surface area contributed by atoms with Crippen LogP contribution >= 0.6 is 0 Å². The summed E-state index contributed by atoms with van der Waals surface area (Å²) in [5.74, 6) is -0.498. The maximum atomic E-state index is 12.4. The van der Waals surface area contributed by atoms with E-state index in [9.17, 15) is 19.7 Å². The van der Waals surface area contributed by atoms with E-state index in [1.165, 1.54) is 24.5 Å². The van der Waals surface area contributed by atoms with Gasteiger partial charge in [-0.3, -0.25) is 24.6 Å². The Morgan fingerprint density at radius 3 is 2.75 bits per heavy atom. The number of carbonyl (C=O) groups is 2. The quantitative estimate of drug-likeness (QED) is 0.513. The second-order valence-electron chi connectivity index (χ2n) is 5.25.